The lowest BCUT2D eigenvalue weighted by molar-refractivity contribution is -0.126. The van der Waals surface area contributed by atoms with E-state index in [1.165, 1.54) is 57.6 Å². The summed E-state index contributed by atoms with van der Waals surface area (Å²) in [5, 5.41) is 7.30. The van der Waals surface area contributed by atoms with Gasteiger partial charge < -0.3 is 14.8 Å². The molecule has 0 heterocycles. The van der Waals surface area contributed by atoms with Crippen LogP contribution in [0, 0.1) is 0 Å². The van der Waals surface area contributed by atoms with Crippen molar-refractivity contribution in [3.05, 3.63) is 58.6 Å². The van der Waals surface area contributed by atoms with Gasteiger partial charge in [-0.25, -0.2) is 5.43 Å². The largest absolute Gasteiger partial charge is 0.493 e. The van der Waals surface area contributed by atoms with Gasteiger partial charge in [-0.05, 0) is 47.9 Å². The third kappa shape index (κ3) is 14.6. The average molecular weight is 558 g/mol. The molecule has 2 rings (SSSR count). The zero-order valence-electron chi connectivity index (χ0n) is 23.5. The van der Waals surface area contributed by atoms with Crippen molar-refractivity contribution in [3.63, 3.8) is 0 Å². The molecule has 0 saturated heterocycles. The van der Waals surface area contributed by atoms with E-state index in [0.29, 0.717) is 29.5 Å². The number of ether oxygens (including phenoxy) is 2. The third-order valence-electron chi connectivity index (χ3n) is 6.35. The number of nitrogens with one attached hydrogen (secondary N) is 2. The summed E-state index contributed by atoms with van der Waals surface area (Å²) in [5.41, 5.74) is 4.15. The van der Waals surface area contributed by atoms with Gasteiger partial charge in [0.05, 0.1) is 19.9 Å². The van der Waals surface area contributed by atoms with Crippen LogP contribution in [0.4, 0.5) is 0 Å². The molecule has 0 radical (unpaired) electrons. The molecule has 0 aliphatic rings. The predicted octanol–water partition coefficient (Wildman–Crippen LogP) is 7.20. The minimum Gasteiger partial charge on any atom is -0.493 e. The second-order valence-electron chi connectivity index (χ2n) is 9.68. The molecule has 0 aliphatic carbocycles. The number of amides is 2. The maximum absolute atomic E-state index is 12.0. The Morgan fingerprint density at radius 3 is 2.13 bits per heavy atom. The predicted molar refractivity (Wildman–Crippen MR) is 159 cm³/mol. The molecule has 0 fully saturated rings. The highest BCUT2D eigenvalue weighted by atomic mass is 35.5. The molecular weight excluding hydrogens is 514 g/mol. The first-order chi connectivity index (χ1) is 19.0. The number of hydrogen-bond donors (Lipinski definition) is 2. The first kappa shape index (κ1) is 32.2. The van der Waals surface area contributed by atoms with Crippen molar-refractivity contribution in [1.82, 2.24) is 10.7 Å². The normalized spacial score (nSPS) is 10.9. The number of hydrazone groups is 1. The van der Waals surface area contributed by atoms with Gasteiger partial charge in [0.2, 0.25) is 5.91 Å². The Bertz CT molecular complexity index is 1010. The zero-order valence-corrected chi connectivity index (χ0v) is 24.2. The molecule has 0 aliphatic heterocycles. The fourth-order valence-corrected chi connectivity index (χ4v) is 4.19. The minimum absolute atomic E-state index is 0.102. The molecule has 0 spiro atoms. The molecule has 2 aromatic rings. The van der Waals surface area contributed by atoms with Gasteiger partial charge in [0.25, 0.3) is 5.91 Å². The van der Waals surface area contributed by atoms with E-state index in [9.17, 15) is 9.59 Å². The van der Waals surface area contributed by atoms with Crippen molar-refractivity contribution in [2.24, 2.45) is 5.10 Å². The molecule has 2 N–H and O–H groups in total. The van der Waals surface area contributed by atoms with E-state index in [4.69, 9.17) is 21.1 Å². The third-order valence-corrected chi connectivity index (χ3v) is 6.60. The van der Waals surface area contributed by atoms with Crippen LogP contribution in [0.1, 0.15) is 95.1 Å². The Labute approximate surface area is 238 Å². The summed E-state index contributed by atoms with van der Waals surface area (Å²) in [7, 11) is 1.56. The van der Waals surface area contributed by atoms with Crippen LogP contribution in [-0.2, 0) is 16.2 Å². The molecule has 0 atom stereocenters. The van der Waals surface area contributed by atoms with Gasteiger partial charge in [-0.2, -0.15) is 5.10 Å². The van der Waals surface area contributed by atoms with Gasteiger partial charge in [0.1, 0.15) is 6.61 Å². The lowest BCUT2D eigenvalue weighted by Gasteiger charge is -2.11. The van der Waals surface area contributed by atoms with Crippen molar-refractivity contribution in [1.29, 1.82) is 0 Å². The van der Waals surface area contributed by atoms with Crippen LogP contribution < -0.4 is 20.2 Å². The van der Waals surface area contributed by atoms with Crippen molar-refractivity contribution in [3.8, 4) is 11.5 Å². The van der Waals surface area contributed by atoms with Crippen LogP contribution in [0.25, 0.3) is 0 Å². The van der Waals surface area contributed by atoms with Crippen LogP contribution >= 0.6 is 11.6 Å². The van der Waals surface area contributed by atoms with Crippen molar-refractivity contribution in [2.75, 3.05) is 13.7 Å². The van der Waals surface area contributed by atoms with Gasteiger partial charge in [-0.15, -0.1) is 0 Å². The van der Waals surface area contributed by atoms with E-state index < -0.39 is 0 Å². The van der Waals surface area contributed by atoms with Gasteiger partial charge in [-0.1, -0.05) is 94.9 Å². The number of rotatable bonds is 20. The zero-order chi connectivity index (χ0) is 28.1. The topological polar surface area (TPSA) is 89.0 Å². The number of hydrogen-bond acceptors (Lipinski definition) is 5. The fraction of sp³-hybridized carbons (Fsp3) is 0.516. The maximum Gasteiger partial charge on any atom is 0.259 e. The smallest absolute Gasteiger partial charge is 0.259 e. The highest BCUT2D eigenvalue weighted by Gasteiger charge is 2.07. The van der Waals surface area contributed by atoms with Crippen LogP contribution in [0.5, 0.6) is 11.5 Å². The first-order valence-electron chi connectivity index (χ1n) is 14.2. The summed E-state index contributed by atoms with van der Waals surface area (Å²) in [6, 6.07) is 12.8. The SMILES string of the molecule is CCCCCCCCCCCCCC(=O)NCC(=O)N/N=C\c1ccc(OCc2ccc(Cl)cc2)c(OC)c1. The molecule has 39 heavy (non-hydrogen) atoms. The number of nitrogens with zero attached hydrogens (tertiary/aromatic N) is 1. The number of benzene rings is 2. The number of carbonyl (C=O) groups excluding carboxylic acids is 2. The lowest BCUT2D eigenvalue weighted by Crippen LogP contribution is -2.34. The van der Waals surface area contributed by atoms with Crippen LogP contribution in [0.15, 0.2) is 47.6 Å². The maximum atomic E-state index is 12.0. The fourth-order valence-electron chi connectivity index (χ4n) is 4.06. The molecule has 214 valence electrons. The second kappa shape index (κ2) is 19.9. The monoisotopic (exact) mass is 557 g/mol. The summed E-state index contributed by atoms with van der Waals surface area (Å²) >= 11 is 5.92. The highest BCUT2D eigenvalue weighted by molar-refractivity contribution is 6.30. The summed E-state index contributed by atoms with van der Waals surface area (Å²) < 4.78 is 11.3. The van der Waals surface area contributed by atoms with Crippen LogP contribution in [0.3, 0.4) is 0 Å². The first-order valence-corrected chi connectivity index (χ1v) is 14.5. The molecule has 0 bridgehead atoms. The number of carbonyl (C=O) groups is 2. The minimum atomic E-state index is -0.381. The van der Waals surface area contributed by atoms with Gasteiger partial charge in [0.15, 0.2) is 11.5 Å². The Hall–Kier alpha value is -3.06. The Morgan fingerprint density at radius 2 is 1.49 bits per heavy atom. The van der Waals surface area contributed by atoms with E-state index in [-0.39, 0.29) is 18.4 Å². The van der Waals surface area contributed by atoms with Gasteiger partial charge in [-0.3, -0.25) is 9.59 Å². The molecule has 2 amide bonds. The number of methoxy groups -OCH3 is 1. The number of unbranched alkanes of at least 4 members (excludes halogenated alkanes) is 10. The van der Waals surface area contributed by atoms with Crippen LogP contribution in [0.2, 0.25) is 5.02 Å². The summed E-state index contributed by atoms with van der Waals surface area (Å²) in [5.74, 6) is 0.653. The molecule has 0 saturated carbocycles. The lowest BCUT2D eigenvalue weighted by atomic mass is 10.1. The molecule has 0 unspecified atom stereocenters. The Kier molecular flexibility index (Phi) is 16.4. The molecular formula is C31H44ClN3O4. The Balaban J connectivity index is 1.58. The van der Waals surface area contributed by atoms with E-state index in [0.717, 1.165) is 30.4 Å². The molecule has 2 aromatic carbocycles. The van der Waals surface area contributed by atoms with Crippen LogP contribution in [-0.4, -0.2) is 31.7 Å². The standard InChI is InChI=1S/C31H44ClN3O4/c1-3-4-5-6-7-8-9-10-11-12-13-14-30(36)33-23-31(37)35-34-22-26-17-20-28(29(21-26)38-2)39-24-25-15-18-27(32)19-16-25/h15-22H,3-14,23-24H2,1-2H3,(H,33,36)(H,35,37)/b34-22-. The van der Waals surface area contributed by atoms with Gasteiger partial charge in [0, 0.05) is 11.4 Å². The highest BCUT2D eigenvalue weighted by Crippen LogP contribution is 2.28. The summed E-state index contributed by atoms with van der Waals surface area (Å²) in [6.45, 7) is 2.52. The van der Waals surface area contributed by atoms with Crippen molar-refractivity contribution in [2.45, 2.75) is 90.6 Å². The Morgan fingerprint density at radius 1 is 0.846 bits per heavy atom. The van der Waals surface area contributed by atoms with E-state index in [1.807, 2.05) is 30.3 Å². The molecule has 7 nitrogen and oxygen atoms in total. The number of halogens is 1. The molecule has 0 aromatic heterocycles. The summed E-state index contributed by atoms with van der Waals surface area (Å²) in [4.78, 5) is 24.0. The summed E-state index contributed by atoms with van der Waals surface area (Å²) in [6.07, 6.45) is 15.6. The van der Waals surface area contributed by atoms with Gasteiger partial charge >= 0.3 is 0 Å². The molecule has 8 heteroatoms. The van der Waals surface area contributed by atoms with E-state index in [1.54, 1.807) is 19.2 Å². The average Bonchev–Trinajstić information content (AvgIpc) is 2.94. The van der Waals surface area contributed by atoms with E-state index >= 15 is 0 Å². The van der Waals surface area contributed by atoms with E-state index in [2.05, 4.69) is 22.8 Å². The quantitative estimate of drug-likeness (QED) is 0.102. The van der Waals surface area contributed by atoms with Crippen molar-refractivity contribution >= 4 is 29.6 Å². The second-order valence-corrected chi connectivity index (χ2v) is 10.1. The van der Waals surface area contributed by atoms with Crippen molar-refractivity contribution < 1.29 is 19.1 Å².